The first-order chi connectivity index (χ1) is 10.3. The summed E-state index contributed by atoms with van der Waals surface area (Å²) in [7, 11) is 0. The minimum atomic E-state index is -0.354. The van der Waals surface area contributed by atoms with Crippen molar-refractivity contribution in [3.8, 4) is 17.6 Å². The monoisotopic (exact) mass is 278 g/mol. The Morgan fingerprint density at radius 3 is 2.86 bits per heavy atom. The van der Waals surface area contributed by atoms with Crippen LogP contribution in [0.25, 0.3) is 0 Å². The maximum absolute atomic E-state index is 10.0. The van der Waals surface area contributed by atoms with E-state index in [2.05, 4.69) is 17.9 Å². The van der Waals surface area contributed by atoms with Crippen LogP contribution in [0.2, 0.25) is 0 Å². The molecule has 21 heavy (non-hydrogen) atoms. The molecule has 106 valence electrons. The molecule has 0 unspecified atom stereocenters. The van der Waals surface area contributed by atoms with Crippen LogP contribution in [0.1, 0.15) is 35.6 Å². The molecule has 0 bridgehead atoms. The fourth-order valence-corrected chi connectivity index (χ4v) is 2.62. The molecule has 1 aliphatic rings. The summed E-state index contributed by atoms with van der Waals surface area (Å²) in [6.45, 7) is 0.351. The van der Waals surface area contributed by atoms with E-state index in [-0.39, 0.29) is 6.10 Å². The molecule has 1 aliphatic carbocycles. The van der Waals surface area contributed by atoms with Crippen LogP contribution < -0.4 is 4.74 Å². The van der Waals surface area contributed by atoms with E-state index in [9.17, 15) is 5.11 Å². The maximum Gasteiger partial charge on any atom is 0.149 e. The van der Waals surface area contributed by atoms with Gasteiger partial charge < -0.3 is 9.84 Å². The van der Waals surface area contributed by atoms with Crippen LogP contribution in [0.15, 0.2) is 48.5 Å². The molecule has 0 aliphatic heterocycles. The lowest BCUT2D eigenvalue weighted by Gasteiger charge is -2.21. The molecule has 0 radical (unpaired) electrons. The van der Waals surface area contributed by atoms with Crippen LogP contribution in [0.3, 0.4) is 0 Å². The molecule has 0 aromatic heterocycles. The zero-order valence-corrected chi connectivity index (χ0v) is 11.9. The van der Waals surface area contributed by atoms with Crippen molar-refractivity contribution in [1.29, 1.82) is 0 Å². The predicted octanol–water partition coefficient (Wildman–Crippen LogP) is 3.49. The highest BCUT2D eigenvalue weighted by Gasteiger charge is 2.18. The van der Waals surface area contributed by atoms with Gasteiger partial charge in [0.1, 0.15) is 12.4 Å². The molecule has 0 spiro atoms. The number of rotatable bonds is 2. The van der Waals surface area contributed by atoms with Gasteiger partial charge in [-0.05, 0) is 54.7 Å². The smallest absolute Gasteiger partial charge is 0.149 e. The number of aryl methyl sites for hydroxylation is 1. The summed E-state index contributed by atoms with van der Waals surface area (Å²) in [5.74, 6) is 6.84. The summed E-state index contributed by atoms with van der Waals surface area (Å²) in [4.78, 5) is 0. The molecule has 0 amide bonds. The van der Waals surface area contributed by atoms with Crippen LogP contribution in [-0.2, 0) is 6.42 Å². The van der Waals surface area contributed by atoms with E-state index in [4.69, 9.17) is 4.74 Å². The van der Waals surface area contributed by atoms with Crippen LogP contribution in [0, 0.1) is 11.8 Å². The molecule has 1 atom stereocenters. The van der Waals surface area contributed by atoms with Gasteiger partial charge >= 0.3 is 0 Å². The number of fused-ring (bicyclic) bond motifs is 1. The van der Waals surface area contributed by atoms with E-state index in [1.807, 2.05) is 42.5 Å². The van der Waals surface area contributed by atoms with Gasteiger partial charge in [0.2, 0.25) is 0 Å². The quantitative estimate of drug-likeness (QED) is 0.852. The van der Waals surface area contributed by atoms with E-state index in [0.29, 0.717) is 6.61 Å². The third-order valence-electron chi connectivity index (χ3n) is 3.72. The maximum atomic E-state index is 10.0. The fourth-order valence-electron chi connectivity index (χ4n) is 2.62. The van der Waals surface area contributed by atoms with Gasteiger partial charge in [0.25, 0.3) is 0 Å². The van der Waals surface area contributed by atoms with Crippen molar-refractivity contribution in [3.05, 3.63) is 65.2 Å². The first kappa shape index (κ1) is 13.7. The summed E-state index contributed by atoms with van der Waals surface area (Å²) in [6, 6.07) is 15.8. The van der Waals surface area contributed by atoms with Gasteiger partial charge in [-0.25, -0.2) is 0 Å². The normalized spacial score (nSPS) is 16.5. The van der Waals surface area contributed by atoms with Crippen molar-refractivity contribution in [1.82, 2.24) is 0 Å². The molecule has 0 heterocycles. The highest BCUT2D eigenvalue weighted by Crippen LogP contribution is 2.32. The third kappa shape index (κ3) is 3.45. The Morgan fingerprint density at radius 1 is 1.14 bits per heavy atom. The molecule has 2 aromatic rings. The zero-order chi connectivity index (χ0) is 14.5. The molecular weight excluding hydrogens is 260 g/mol. The highest BCUT2D eigenvalue weighted by molar-refractivity contribution is 5.39. The van der Waals surface area contributed by atoms with Crippen molar-refractivity contribution in [2.45, 2.75) is 25.4 Å². The predicted molar refractivity (Wildman–Crippen MR) is 83.2 cm³/mol. The summed E-state index contributed by atoms with van der Waals surface area (Å²) >= 11 is 0. The van der Waals surface area contributed by atoms with Crippen molar-refractivity contribution in [2.24, 2.45) is 0 Å². The van der Waals surface area contributed by atoms with Gasteiger partial charge in [-0.2, -0.15) is 0 Å². The van der Waals surface area contributed by atoms with Crippen LogP contribution >= 0.6 is 0 Å². The first-order valence-corrected chi connectivity index (χ1v) is 7.30. The van der Waals surface area contributed by atoms with E-state index in [0.717, 1.165) is 36.1 Å². The molecule has 2 nitrogen and oxygen atoms in total. The molecule has 0 fully saturated rings. The lowest BCUT2D eigenvalue weighted by Crippen LogP contribution is -2.09. The number of aliphatic hydroxyl groups excluding tert-OH is 1. The van der Waals surface area contributed by atoms with Crippen molar-refractivity contribution in [3.63, 3.8) is 0 Å². The van der Waals surface area contributed by atoms with E-state index in [1.54, 1.807) is 0 Å². The molecule has 0 saturated heterocycles. The molecule has 2 heteroatoms. The van der Waals surface area contributed by atoms with Crippen molar-refractivity contribution >= 4 is 0 Å². The standard InChI is InChI=1S/C19H18O2/c20-19-10-4-9-16-11-12-17(14-18(16)19)21-13-5-8-15-6-2-1-3-7-15/h1-3,6-7,11-12,14,19-20H,4,9-10,13H2/t19-/m0/s1. The molecule has 2 aromatic carbocycles. The minimum Gasteiger partial charge on any atom is -0.481 e. The Morgan fingerprint density at radius 2 is 2.00 bits per heavy atom. The largest absolute Gasteiger partial charge is 0.481 e. The topological polar surface area (TPSA) is 29.5 Å². The van der Waals surface area contributed by atoms with Crippen molar-refractivity contribution < 1.29 is 9.84 Å². The van der Waals surface area contributed by atoms with E-state index in [1.165, 1.54) is 5.56 Å². The summed E-state index contributed by atoms with van der Waals surface area (Å²) in [5, 5.41) is 10.0. The van der Waals surface area contributed by atoms with Crippen LogP contribution in [-0.4, -0.2) is 11.7 Å². The van der Waals surface area contributed by atoms with Crippen LogP contribution in [0.5, 0.6) is 5.75 Å². The lowest BCUT2D eigenvalue weighted by molar-refractivity contribution is 0.156. The average Bonchev–Trinajstić information content (AvgIpc) is 2.53. The van der Waals surface area contributed by atoms with Gasteiger partial charge in [-0.3, -0.25) is 0 Å². The zero-order valence-electron chi connectivity index (χ0n) is 11.9. The van der Waals surface area contributed by atoms with Gasteiger partial charge in [0.15, 0.2) is 0 Å². The second kappa shape index (κ2) is 6.47. The number of aliphatic hydroxyl groups is 1. The molecule has 0 saturated carbocycles. The van der Waals surface area contributed by atoms with Crippen molar-refractivity contribution in [2.75, 3.05) is 6.61 Å². The SMILES string of the molecule is O[C@H]1CCCc2ccc(OCC#Cc3ccccc3)cc21. The second-order valence-electron chi connectivity index (χ2n) is 5.23. The number of ether oxygens (including phenoxy) is 1. The Hall–Kier alpha value is -2.24. The summed E-state index contributed by atoms with van der Waals surface area (Å²) in [6.07, 6.45) is 2.58. The number of benzene rings is 2. The second-order valence-corrected chi connectivity index (χ2v) is 5.23. The minimum absolute atomic E-state index is 0.351. The Kier molecular flexibility index (Phi) is 4.23. The molecule has 3 rings (SSSR count). The third-order valence-corrected chi connectivity index (χ3v) is 3.72. The Balaban J connectivity index is 1.64. The van der Waals surface area contributed by atoms with E-state index >= 15 is 0 Å². The Labute approximate surface area is 125 Å². The number of hydrogen-bond donors (Lipinski definition) is 1. The fraction of sp³-hybridized carbons (Fsp3) is 0.263. The Bertz CT molecular complexity index is 665. The summed E-state index contributed by atoms with van der Waals surface area (Å²) < 4.78 is 5.66. The lowest BCUT2D eigenvalue weighted by atomic mass is 9.89. The average molecular weight is 278 g/mol. The van der Waals surface area contributed by atoms with Gasteiger partial charge in [0, 0.05) is 5.56 Å². The molecular formula is C19H18O2. The van der Waals surface area contributed by atoms with Gasteiger partial charge in [-0.15, -0.1) is 0 Å². The van der Waals surface area contributed by atoms with Gasteiger partial charge in [0.05, 0.1) is 6.10 Å². The number of hydrogen-bond acceptors (Lipinski definition) is 2. The first-order valence-electron chi connectivity index (χ1n) is 7.30. The van der Waals surface area contributed by atoms with E-state index < -0.39 is 0 Å². The molecule has 1 N–H and O–H groups in total. The van der Waals surface area contributed by atoms with Gasteiger partial charge in [-0.1, -0.05) is 36.1 Å². The van der Waals surface area contributed by atoms with Crippen LogP contribution in [0.4, 0.5) is 0 Å². The summed E-state index contributed by atoms with van der Waals surface area (Å²) in [5.41, 5.74) is 3.23. The highest BCUT2D eigenvalue weighted by atomic mass is 16.5.